The van der Waals surface area contributed by atoms with Gasteiger partial charge in [0.25, 0.3) is 0 Å². The number of dihydropyridines is 1. The standard InChI is InChI=1S/C23H24F4N4O/c1-14-10-21(23(25,26)27)29-31(14)13-22(32)30-9-3-4-17-11-19(28-12-20(17)30)15(2)16-5-7-18(24)8-6-16/h5-8,10,12,15,19H,3-4,9,11,13H2,1-2H3. The summed E-state index contributed by atoms with van der Waals surface area (Å²) in [5.74, 6) is -0.512. The van der Waals surface area contributed by atoms with Gasteiger partial charge >= 0.3 is 6.18 Å². The molecule has 2 aromatic rings. The highest BCUT2D eigenvalue weighted by molar-refractivity contribution is 5.89. The minimum absolute atomic E-state index is 0.0167. The van der Waals surface area contributed by atoms with E-state index in [1.807, 2.05) is 6.92 Å². The Kier molecular flexibility index (Phi) is 5.92. The van der Waals surface area contributed by atoms with Crippen molar-refractivity contribution in [2.45, 2.75) is 57.8 Å². The number of amides is 1. The Morgan fingerprint density at radius 2 is 1.97 bits per heavy atom. The molecule has 0 bridgehead atoms. The number of hydrogen-bond acceptors (Lipinski definition) is 3. The van der Waals surface area contributed by atoms with E-state index < -0.39 is 11.9 Å². The fraction of sp³-hybridized carbons (Fsp3) is 0.435. The van der Waals surface area contributed by atoms with E-state index in [0.717, 1.165) is 40.4 Å². The molecule has 0 fully saturated rings. The van der Waals surface area contributed by atoms with Gasteiger partial charge in [-0.2, -0.15) is 18.3 Å². The van der Waals surface area contributed by atoms with E-state index in [-0.39, 0.29) is 35.9 Å². The third-order valence-corrected chi connectivity index (χ3v) is 6.19. The highest BCUT2D eigenvalue weighted by Gasteiger charge is 2.35. The number of aliphatic imine (C=N–C) groups is 1. The van der Waals surface area contributed by atoms with E-state index >= 15 is 0 Å². The number of halogens is 4. The van der Waals surface area contributed by atoms with Gasteiger partial charge in [0, 0.05) is 24.4 Å². The first-order chi connectivity index (χ1) is 15.1. The van der Waals surface area contributed by atoms with Crippen LogP contribution in [0.15, 0.2) is 46.6 Å². The third-order valence-electron chi connectivity index (χ3n) is 6.19. The topological polar surface area (TPSA) is 50.5 Å². The summed E-state index contributed by atoms with van der Waals surface area (Å²) in [6, 6.07) is 7.32. The molecule has 1 aromatic heterocycles. The van der Waals surface area contributed by atoms with Crippen molar-refractivity contribution in [1.82, 2.24) is 14.7 Å². The highest BCUT2D eigenvalue weighted by atomic mass is 19.4. The van der Waals surface area contributed by atoms with E-state index in [0.29, 0.717) is 13.0 Å². The molecule has 0 radical (unpaired) electrons. The van der Waals surface area contributed by atoms with Crippen molar-refractivity contribution in [3.05, 3.63) is 64.4 Å². The summed E-state index contributed by atoms with van der Waals surface area (Å²) in [5, 5.41) is 3.56. The molecule has 2 aliphatic rings. The summed E-state index contributed by atoms with van der Waals surface area (Å²) in [7, 11) is 0. The zero-order chi connectivity index (χ0) is 23.0. The molecule has 1 aromatic carbocycles. The molecule has 3 heterocycles. The molecule has 2 aliphatic heterocycles. The van der Waals surface area contributed by atoms with E-state index in [4.69, 9.17) is 0 Å². The molecule has 170 valence electrons. The zero-order valence-electron chi connectivity index (χ0n) is 17.9. The lowest BCUT2D eigenvalue weighted by molar-refractivity contribution is -0.142. The Labute approximate surface area is 183 Å². The molecule has 2 unspecified atom stereocenters. The molecular formula is C23H24F4N4O. The van der Waals surface area contributed by atoms with E-state index in [1.165, 1.54) is 19.1 Å². The monoisotopic (exact) mass is 448 g/mol. The second kappa shape index (κ2) is 8.52. The minimum Gasteiger partial charge on any atom is -0.309 e. The minimum atomic E-state index is -4.55. The largest absolute Gasteiger partial charge is 0.435 e. The second-order valence-corrected chi connectivity index (χ2v) is 8.35. The normalized spacial score (nSPS) is 19.8. The lowest BCUT2D eigenvalue weighted by atomic mass is 9.85. The van der Waals surface area contributed by atoms with Crippen LogP contribution in [0.5, 0.6) is 0 Å². The van der Waals surface area contributed by atoms with E-state index in [2.05, 4.69) is 10.1 Å². The number of nitrogens with zero attached hydrogens (tertiary/aromatic N) is 4. The SMILES string of the molecule is Cc1cc(C(F)(F)F)nn1CC(=O)N1CCCC2=C1C=NC(C(C)c1ccc(F)cc1)C2. The molecule has 0 aliphatic carbocycles. The number of allylic oxidation sites excluding steroid dienone is 1. The van der Waals surface area contributed by atoms with Crippen molar-refractivity contribution in [2.24, 2.45) is 4.99 Å². The quantitative estimate of drug-likeness (QED) is 0.627. The van der Waals surface area contributed by atoms with Crippen LogP contribution in [0.2, 0.25) is 0 Å². The molecule has 1 amide bonds. The molecule has 2 atom stereocenters. The van der Waals surface area contributed by atoms with Gasteiger partial charge in [0.1, 0.15) is 12.4 Å². The zero-order valence-corrected chi connectivity index (χ0v) is 17.9. The van der Waals surface area contributed by atoms with Crippen LogP contribution >= 0.6 is 0 Å². The van der Waals surface area contributed by atoms with Crippen LogP contribution in [0.25, 0.3) is 0 Å². The lowest BCUT2D eigenvalue weighted by Gasteiger charge is -2.35. The van der Waals surface area contributed by atoms with Crippen molar-refractivity contribution >= 4 is 12.1 Å². The van der Waals surface area contributed by atoms with Gasteiger partial charge in [-0.1, -0.05) is 19.1 Å². The number of benzene rings is 1. The van der Waals surface area contributed by atoms with Gasteiger partial charge in [0.15, 0.2) is 5.69 Å². The Hall–Kier alpha value is -2.97. The van der Waals surface area contributed by atoms with Gasteiger partial charge in [0.2, 0.25) is 5.91 Å². The Balaban J connectivity index is 1.49. The molecule has 0 saturated carbocycles. The molecule has 32 heavy (non-hydrogen) atoms. The Morgan fingerprint density at radius 1 is 1.25 bits per heavy atom. The third kappa shape index (κ3) is 4.47. The summed E-state index contributed by atoms with van der Waals surface area (Å²) in [5.41, 5.74) is 2.13. The van der Waals surface area contributed by atoms with Crippen LogP contribution in [0.3, 0.4) is 0 Å². The average Bonchev–Trinajstić information content (AvgIpc) is 3.13. The second-order valence-electron chi connectivity index (χ2n) is 8.35. The maximum absolute atomic E-state index is 13.2. The van der Waals surface area contributed by atoms with E-state index in [1.54, 1.807) is 23.2 Å². The lowest BCUT2D eigenvalue weighted by Crippen LogP contribution is -2.39. The first-order valence-corrected chi connectivity index (χ1v) is 10.6. The maximum Gasteiger partial charge on any atom is 0.435 e. The summed E-state index contributed by atoms with van der Waals surface area (Å²) < 4.78 is 53.1. The van der Waals surface area contributed by atoms with Gasteiger partial charge in [0.05, 0.1) is 11.7 Å². The van der Waals surface area contributed by atoms with Gasteiger partial charge < -0.3 is 4.90 Å². The van der Waals surface area contributed by atoms with Crippen molar-refractivity contribution in [1.29, 1.82) is 0 Å². The van der Waals surface area contributed by atoms with Crippen molar-refractivity contribution in [3.63, 3.8) is 0 Å². The molecule has 5 nitrogen and oxygen atoms in total. The van der Waals surface area contributed by atoms with Crippen LogP contribution in [0, 0.1) is 12.7 Å². The molecule has 0 N–H and O–H groups in total. The highest BCUT2D eigenvalue weighted by Crippen LogP contribution is 2.35. The fourth-order valence-electron chi connectivity index (χ4n) is 4.30. The summed E-state index contributed by atoms with van der Waals surface area (Å²) in [4.78, 5) is 19.2. The van der Waals surface area contributed by atoms with E-state index in [9.17, 15) is 22.4 Å². The maximum atomic E-state index is 13.2. The molecular weight excluding hydrogens is 424 g/mol. The van der Waals surface area contributed by atoms with Crippen molar-refractivity contribution in [2.75, 3.05) is 6.54 Å². The van der Waals surface area contributed by atoms with Crippen molar-refractivity contribution < 1.29 is 22.4 Å². The molecule has 0 saturated heterocycles. The number of hydrogen-bond donors (Lipinski definition) is 0. The number of aryl methyl sites for hydroxylation is 1. The molecule has 0 spiro atoms. The van der Waals surface area contributed by atoms with Crippen LogP contribution < -0.4 is 0 Å². The van der Waals surface area contributed by atoms with Crippen molar-refractivity contribution in [3.8, 4) is 0 Å². The number of aromatic nitrogens is 2. The Morgan fingerprint density at radius 3 is 2.62 bits per heavy atom. The fourth-order valence-corrected chi connectivity index (χ4v) is 4.30. The average molecular weight is 448 g/mol. The predicted octanol–water partition coefficient (Wildman–Crippen LogP) is 4.87. The van der Waals surface area contributed by atoms with Gasteiger partial charge in [-0.15, -0.1) is 0 Å². The summed E-state index contributed by atoms with van der Waals surface area (Å²) >= 11 is 0. The number of carbonyl (C=O) groups excluding carboxylic acids is 1. The predicted molar refractivity (Wildman–Crippen MR) is 112 cm³/mol. The summed E-state index contributed by atoms with van der Waals surface area (Å²) in [6.07, 6.45) is -0.532. The van der Waals surface area contributed by atoms with Gasteiger partial charge in [-0.3, -0.25) is 14.5 Å². The Bertz CT molecular complexity index is 1070. The number of alkyl halides is 3. The molecule has 9 heteroatoms. The van der Waals surface area contributed by atoms with Crippen LogP contribution in [-0.4, -0.2) is 39.4 Å². The first-order valence-electron chi connectivity index (χ1n) is 10.6. The first kappa shape index (κ1) is 22.2. The molecule has 4 rings (SSSR count). The van der Waals surface area contributed by atoms with Gasteiger partial charge in [-0.05, 0) is 55.5 Å². The van der Waals surface area contributed by atoms with Gasteiger partial charge in [-0.25, -0.2) is 4.39 Å². The van der Waals surface area contributed by atoms with Crippen LogP contribution in [0.4, 0.5) is 17.6 Å². The van der Waals surface area contributed by atoms with Crippen LogP contribution in [0.1, 0.15) is 49.1 Å². The smallest absolute Gasteiger partial charge is 0.309 e. The number of rotatable bonds is 4. The van der Waals surface area contributed by atoms with Crippen LogP contribution in [-0.2, 0) is 17.5 Å². The summed E-state index contributed by atoms with van der Waals surface area (Å²) in [6.45, 7) is 3.78. The number of carbonyl (C=O) groups is 1.